The average Bonchev–Trinajstić information content (AvgIpc) is 2.16. The largest absolute Gasteiger partial charge is 0.353 e. The standard InChI is InChI=1S/C12H24N2O.ClH/c1-8(2)9(3)12(15)14-11-6-4-5-10(13)7-11;/h8-11H,4-7,13H2,1-3H3,(H,14,15);1H. The molecule has 16 heavy (non-hydrogen) atoms. The lowest BCUT2D eigenvalue weighted by Gasteiger charge is -2.29. The molecule has 3 atom stereocenters. The molecular weight excluding hydrogens is 224 g/mol. The summed E-state index contributed by atoms with van der Waals surface area (Å²) < 4.78 is 0. The first-order chi connectivity index (χ1) is 7.00. The van der Waals surface area contributed by atoms with Crippen LogP contribution in [-0.4, -0.2) is 18.0 Å². The van der Waals surface area contributed by atoms with Crippen LogP contribution in [-0.2, 0) is 4.79 Å². The fraction of sp³-hybridized carbons (Fsp3) is 0.917. The topological polar surface area (TPSA) is 55.1 Å². The Morgan fingerprint density at radius 1 is 1.31 bits per heavy atom. The van der Waals surface area contributed by atoms with Gasteiger partial charge in [-0.05, 0) is 31.6 Å². The normalized spacial score (nSPS) is 27.1. The fourth-order valence-corrected chi connectivity index (χ4v) is 1.99. The van der Waals surface area contributed by atoms with Gasteiger partial charge < -0.3 is 11.1 Å². The van der Waals surface area contributed by atoms with Crippen molar-refractivity contribution < 1.29 is 4.79 Å². The number of carbonyl (C=O) groups is 1. The molecule has 0 aromatic heterocycles. The highest BCUT2D eigenvalue weighted by molar-refractivity contribution is 5.85. The van der Waals surface area contributed by atoms with E-state index in [1.54, 1.807) is 0 Å². The molecule has 0 radical (unpaired) electrons. The number of halogens is 1. The molecule has 4 heteroatoms. The zero-order chi connectivity index (χ0) is 11.4. The zero-order valence-electron chi connectivity index (χ0n) is 10.5. The van der Waals surface area contributed by atoms with Gasteiger partial charge >= 0.3 is 0 Å². The van der Waals surface area contributed by atoms with Crippen molar-refractivity contribution in [2.75, 3.05) is 0 Å². The molecule has 96 valence electrons. The second kappa shape index (κ2) is 7.13. The Morgan fingerprint density at radius 3 is 2.44 bits per heavy atom. The number of carbonyl (C=O) groups excluding carboxylic acids is 1. The van der Waals surface area contributed by atoms with E-state index in [2.05, 4.69) is 19.2 Å². The third-order valence-electron chi connectivity index (χ3n) is 3.47. The summed E-state index contributed by atoms with van der Waals surface area (Å²) in [5, 5.41) is 3.11. The smallest absolute Gasteiger partial charge is 0.223 e. The Bertz CT molecular complexity index is 221. The van der Waals surface area contributed by atoms with Crippen molar-refractivity contribution in [2.24, 2.45) is 17.6 Å². The van der Waals surface area contributed by atoms with E-state index in [0.29, 0.717) is 12.0 Å². The summed E-state index contributed by atoms with van der Waals surface area (Å²) in [7, 11) is 0. The average molecular weight is 249 g/mol. The van der Waals surface area contributed by atoms with Crippen molar-refractivity contribution in [3.63, 3.8) is 0 Å². The summed E-state index contributed by atoms with van der Waals surface area (Å²) in [4.78, 5) is 11.8. The molecule has 0 aromatic rings. The van der Waals surface area contributed by atoms with Crippen LogP contribution >= 0.6 is 12.4 Å². The number of nitrogens with one attached hydrogen (secondary N) is 1. The Morgan fingerprint density at radius 2 is 1.94 bits per heavy atom. The molecule has 1 aliphatic carbocycles. The molecule has 0 heterocycles. The summed E-state index contributed by atoms with van der Waals surface area (Å²) in [5.41, 5.74) is 5.89. The molecular formula is C12H25ClN2O. The van der Waals surface area contributed by atoms with Gasteiger partial charge in [-0.1, -0.05) is 20.8 Å². The van der Waals surface area contributed by atoms with Gasteiger partial charge in [0.1, 0.15) is 0 Å². The maximum Gasteiger partial charge on any atom is 0.223 e. The van der Waals surface area contributed by atoms with E-state index in [4.69, 9.17) is 5.73 Å². The second-order valence-corrected chi connectivity index (χ2v) is 5.16. The molecule has 3 nitrogen and oxygen atoms in total. The van der Waals surface area contributed by atoms with E-state index in [1.807, 2.05) is 6.92 Å². The van der Waals surface area contributed by atoms with Crippen LogP contribution in [0.3, 0.4) is 0 Å². The van der Waals surface area contributed by atoms with Gasteiger partial charge in [-0.15, -0.1) is 12.4 Å². The maximum absolute atomic E-state index is 11.8. The van der Waals surface area contributed by atoms with Crippen LogP contribution in [0.5, 0.6) is 0 Å². The van der Waals surface area contributed by atoms with Crippen molar-refractivity contribution in [1.82, 2.24) is 5.32 Å². The van der Waals surface area contributed by atoms with Gasteiger partial charge in [0, 0.05) is 18.0 Å². The predicted molar refractivity (Wildman–Crippen MR) is 69.6 cm³/mol. The summed E-state index contributed by atoms with van der Waals surface area (Å²) in [6.07, 6.45) is 4.27. The molecule has 1 rings (SSSR count). The van der Waals surface area contributed by atoms with Crippen LogP contribution in [0.15, 0.2) is 0 Å². The van der Waals surface area contributed by atoms with Gasteiger partial charge in [0.05, 0.1) is 0 Å². The summed E-state index contributed by atoms with van der Waals surface area (Å²) in [5.74, 6) is 0.689. The molecule has 3 N–H and O–H groups in total. The molecule has 1 aliphatic rings. The molecule has 0 aliphatic heterocycles. The molecule has 0 bridgehead atoms. The number of nitrogens with two attached hydrogens (primary N) is 1. The van der Waals surface area contributed by atoms with Crippen LogP contribution in [0, 0.1) is 11.8 Å². The minimum Gasteiger partial charge on any atom is -0.353 e. The first-order valence-electron chi connectivity index (χ1n) is 6.06. The minimum absolute atomic E-state index is 0. The Hall–Kier alpha value is -0.280. The summed E-state index contributed by atoms with van der Waals surface area (Å²) in [6.45, 7) is 6.15. The Kier molecular flexibility index (Phi) is 7.00. The van der Waals surface area contributed by atoms with Crippen molar-refractivity contribution in [2.45, 2.75) is 58.5 Å². The van der Waals surface area contributed by atoms with E-state index in [-0.39, 0.29) is 30.3 Å². The molecule has 0 saturated heterocycles. The van der Waals surface area contributed by atoms with E-state index in [1.165, 1.54) is 0 Å². The number of hydrogen-bond donors (Lipinski definition) is 2. The lowest BCUT2D eigenvalue weighted by Crippen LogP contribution is -2.44. The highest BCUT2D eigenvalue weighted by atomic mass is 35.5. The van der Waals surface area contributed by atoms with Crippen LogP contribution in [0.1, 0.15) is 46.5 Å². The zero-order valence-corrected chi connectivity index (χ0v) is 11.3. The molecule has 3 unspecified atom stereocenters. The van der Waals surface area contributed by atoms with Gasteiger partial charge in [-0.2, -0.15) is 0 Å². The molecule has 1 saturated carbocycles. The molecule has 1 fully saturated rings. The van der Waals surface area contributed by atoms with Crippen molar-refractivity contribution in [3.05, 3.63) is 0 Å². The molecule has 0 spiro atoms. The fourth-order valence-electron chi connectivity index (χ4n) is 1.99. The lowest BCUT2D eigenvalue weighted by molar-refractivity contribution is -0.126. The van der Waals surface area contributed by atoms with Gasteiger partial charge in [0.2, 0.25) is 5.91 Å². The molecule has 1 amide bonds. The van der Waals surface area contributed by atoms with Crippen molar-refractivity contribution in [1.29, 1.82) is 0 Å². The van der Waals surface area contributed by atoms with Crippen molar-refractivity contribution >= 4 is 18.3 Å². The third kappa shape index (κ3) is 4.71. The summed E-state index contributed by atoms with van der Waals surface area (Å²) >= 11 is 0. The Labute approximate surface area is 105 Å². The van der Waals surface area contributed by atoms with Crippen LogP contribution in [0.25, 0.3) is 0 Å². The first-order valence-corrected chi connectivity index (χ1v) is 6.06. The highest BCUT2D eigenvalue weighted by Crippen LogP contribution is 2.18. The minimum atomic E-state index is 0. The van der Waals surface area contributed by atoms with Gasteiger partial charge in [-0.25, -0.2) is 0 Å². The number of amides is 1. The maximum atomic E-state index is 11.8. The van der Waals surface area contributed by atoms with Gasteiger partial charge in [0.15, 0.2) is 0 Å². The predicted octanol–water partition coefficient (Wildman–Crippen LogP) is 2.09. The second-order valence-electron chi connectivity index (χ2n) is 5.16. The lowest BCUT2D eigenvalue weighted by atomic mass is 9.90. The molecule has 0 aromatic carbocycles. The van der Waals surface area contributed by atoms with E-state index in [9.17, 15) is 4.79 Å². The van der Waals surface area contributed by atoms with Crippen LogP contribution < -0.4 is 11.1 Å². The van der Waals surface area contributed by atoms with E-state index < -0.39 is 0 Å². The SMILES string of the molecule is CC(C)C(C)C(=O)NC1CCCC(N)C1.Cl. The van der Waals surface area contributed by atoms with Crippen LogP contribution in [0.4, 0.5) is 0 Å². The monoisotopic (exact) mass is 248 g/mol. The first kappa shape index (κ1) is 15.7. The van der Waals surface area contributed by atoms with Gasteiger partial charge in [0.25, 0.3) is 0 Å². The van der Waals surface area contributed by atoms with E-state index in [0.717, 1.165) is 25.7 Å². The number of hydrogen-bond acceptors (Lipinski definition) is 2. The quantitative estimate of drug-likeness (QED) is 0.804. The van der Waals surface area contributed by atoms with Crippen molar-refractivity contribution in [3.8, 4) is 0 Å². The van der Waals surface area contributed by atoms with E-state index >= 15 is 0 Å². The highest BCUT2D eigenvalue weighted by Gasteiger charge is 2.23. The third-order valence-corrected chi connectivity index (χ3v) is 3.47. The Balaban J connectivity index is 0.00000225. The van der Waals surface area contributed by atoms with Crippen LogP contribution in [0.2, 0.25) is 0 Å². The summed E-state index contributed by atoms with van der Waals surface area (Å²) in [6, 6.07) is 0.584. The van der Waals surface area contributed by atoms with Gasteiger partial charge in [-0.3, -0.25) is 4.79 Å². The number of rotatable bonds is 3.